The number of fused-ring (bicyclic) bond motifs is 2. The van der Waals surface area contributed by atoms with Crippen molar-refractivity contribution in [2.24, 2.45) is 10.8 Å². The zero-order chi connectivity index (χ0) is 19.8. The van der Waals surface area contributed by atoms with Crippen molar-refractivity contribution in [3.8, 4) is 0 Å². The minimum absolute atomic E-state index is 0.190. The molecule has 4 rings (SSSR count). The second-order valence-corrected chi connectivity index (χ2v) is 8.28. The van der Waals surface area contributed by atoms with E-state index in [0.29, 0.717) is 18.6 Å². The fourth-order valence-corrected chi connectivity index (χ4v) is 5.49. The number of hydrogen-bond acceptors (Lipinski definition) is 8. The van der Waals surface area contributed by atoms with Crippen molar-refractivity contribution in [2.45, 2.75) is 64.1 Å². The zero-order valence-electron chi connectivity index (χ0n) is 15.8. The second kappa shape index (κ2) is 5.62. The summed E-state index contributed by atoms with van der Waals surface area (Å²) in [5.41, 5.74) is -2.41. The predicted molar refractivity (Wildman–Crippen MR) is 89.5 cm³/mol. The third-order valence-electron chi connectivity index (χ3n) is 6.98. The van der Waals surface area contributed by atoms with E-state index >= 15 is 0 Å². The molecule has 1 spiro atoms. The summed E-state index contributed by atoms with van der Waals surface area (Å²) < 4.78 is 22.9. The first kappa shape index (κ1) is 18.6. The van der Waals surface area contributed by atoms with Crippen LogP contribution in [0.1, 0.15) is 34.1 Å². The Kier molecular flexibility index (Phi) is 3.87. The van der Waals surface area contributed by atoms with Crippen molar-refractivity contribution in [1.29, 1.82) is 0 Å². The van der Waals surface area contributed by atoms with Crippen molar-refractivity contribution >= 4 is 17.7 Å². The Bertz CT molecular complexity index is 753. The van der Waals surface area contributed by atoms with Gasteiger partial charge in [0.1, 0.15) is 30.5 Å². The number of Topliss-reactive ketones (excluding diaryl/α,β-unsaturated/α-hetero) is 1. The van der Waals surface area contributed by atoms with E-state index in [-0.39, 0.29) is 6.61 Å². The van der Waals surface area contributed by atoms with Crippen LogP contribution in [0.4, 0.5) is 0 Å². The quantitative estimate of drug-likeness (QED) is 0.550. The number of aliphatic hydroxyl groups excluding tert-OH is 1. The van der Waals surface area contributed by atoms with E-state index in [1.807, 2.05) is 6.92 Å². The fraction of sp³-hybridized carbons (Fsp3) is 0.737. The number of aliphatic hydroxyl groups is 1. The number of esters is 2. The zero-order valence-corrected chi connectivity index (χ0v) is 15.8. The summed E-state index contributed by atoms with van der Waals surface area (Å²) in [6.07, 6.45) is -1.15. The van der Waals surface area contributed by atoms with Crippen LogP contribution >= 0.6 is 0 Å². The van der Waals surface area contributed by atoms with Crippen molar-refractivity contribution in [2.75, 3.05) is 13.2 Å². The van der Waals surface area contributed by atoms with Crippen molar-refractivity contribution in [1.82, 2.24) is 0 Å². The van der Waals surface area contributed by atoms with E-state index < -0.39 is 58.6 Å². The van der Waals surface area contributed by atoms with Gasteiger partial charge in [0, 0.05) is 19.3 Å². The average molecular weight is 380 g/mol. The lowest BCUT2D eigenvalue weighted by Crippen LogP contribution is -2.70. The number of hydrogen-bond donors (Lipinski definition) is 1. The Hall–Kier alpha value is -1.77. The third-order valence-corrected chi connectivity index (χ3v) is 6.98. The molecule has 2 saturated heterocycles. The minimum Gasteiger partial charge on any atom is -0.465 e. The molecule has 7 atom stereocenters. The van der Waals surface area contributed by atoms with Crippen molar-refractivity contribution in [3.63, 3.8) is 0 Å². The standard InChI is InChI=1S/C19H24O8/c1-9-5-13-18(7-24-10(2)20,15(23)14(9)22)17(4)6-12(26-11(3)21)16(27-13)19(17)8-25-19/h5,12-13,15-16,23H,6-8H2,1-4H3/t12-,13-,15?,16-,17?,18-,19?/m1/s1. The van der Waals surface area contributed by atoms with Gasteiger partial charge < -0.3 is 24.1 Å². The Morgan fingerprint density at radius 3 is 2.56 bits per heavy atom. The van der Waals surface area contributed by atoms with Crippen molar-refractivity contribution in [3.05, 3.63) is 11.6 Å². The van der Waals surface area contributed by atoms with E-state index in [1.165, 1.54) is 13.8 Å². The average Bonchev–Trinajstić information content (AvgIpc) is 3.34. The first-order valence-corrected chi connectivity index (χ1v) is 9.10. The highest BCUT2D eigenvalue weighted by Crippen LogP contribution is 2.71. The maximum Gasteiger partial charge on any atom is 0.302 e. The maximum atomic E-state index is 12.7. The Labute approximate surface area is 156 Å². The second-order valence-electron chi connectivity index (χ2n) is 8.28. The van der Waals surface area contributed by atoms with Gasteiger partial charge in [-0.15, -0.1) is 0 Å². The van der Waals surface area contributed by atoms with Gasteiger partial charge in [-0.2, -0.15) is 0 Å². The highest BCUT2D eigenvalue weighted by molar-refractivity contribution is 6.00. The number of ketones is 1. The Morgan fingerprint density at radius 1 is 1.33 bits per heavy atom. The van der Waals surface area contributed by atoms with E-state index in [9.17, 15) is 19.5 Å². The first-order chi connectivity index (χ1) is 12.6. The van der Waals surface area contributed by atoms with Gasteiger partial charge in [-0.25, -0.2) is 0 Å². The number of carbonyl (C=O) groups excluding carboxylic acids is 3. The molecule has 1 N–H and O–H groups in total. The van der Waals surface area contributed by atoms with Crippen LogP contribution in [-0.2, 0) is 33.3 Å². The molecular weight excluding hydrogens is 356 g/mol. The van der Waals surface area contributed by atoms with Crippen LogP contribution < -0.4 is 0 Å². The molecule has 8 nitrogen and oxygen atoms in total. The van der Waals surface area contributed by atoms with Gasteiger partial charge in [0.05, 0.1) is 18.1 Å². The summed E-state index contributed by atoms with van der Waals surface area (Å²) >= 11 is 0. The van der Waals surface area contributed by atoms with Crippen LogP contribution in [0.5, 0.6) is 0 Å². The Morgan fingerprint density at radius 2 is 2.00 bits per heavy atom. The van der Waals surface area contributed by atoms with Crippen LogP contribution in [0, 0.1) is 10.8 Å². The molecule has 2 aliphatic carbocycles. The Balaban J connectivity index is 1.86. The highest BCUT2D eigenvalue weighted by atomic mass is 16.7. The van der Waals surface area contributed by atoms with Gasteiger partial charge in [0.25, 0.3) is 0 Å². The number of rotatable bonds is 3. The van der Waals surface area contributed by atoms with Gasteiger partial charge in [-0.05, 0) is 25.0 Å². The van der Waals surface area contributed by atoms with Gasteiger partial charge >= 0.3 is 11.9 Å². The summed E-state index contributed by atoms with van der Waals surface area (Å²) in [6.45, 7) is 6.30. The topological polar surface area (TPSA) is 112 Å². The van der Waals surface area contributed by atoms with Gasteiger partial charge in [-0.3, -0.25) is 14.4 Å². The summed E-state index contributed by atoms with van der Waals surface area (Å²) in [5.74, 6) is -1.37. The monoisotopic (exact) mass is 380 g/mol. The van der Waals surface area contributed by atoms with Gasteiger partial charge in [0.15, 0.2) is 5.78 Å². The molecule has 1 saturated carbocycles. The fourth-order valence-electron chi connectivity index (χ4n) is 5.49. The molecule has 27 heavy (non-hydrogen) atoms. The smallest absolute Gasteiger partial charge is 0.302 e. The van der Waals surface area contributed by atoms with Crippen LogP contribution in [0.25, 0.3) is 0 Å². The lowest BCUT2D eigenvalue weighted by molar-refractivity contribution is -0.248. The molecule has 148 valence electrons. The molecule has 0 aromatic carbocycles. The first-order valence-electron chi connectivity index (χ1n) is 9.10. The summed E-state index contributed by atoms with van der Waals surface area (Å²) in [4.78, 5) is 35.9. The summed E-state index contributed by atoms with van der Waals surface area (Å²) in [5, 5.41) is 11.1. The minimum atomic E-state index is -1.42. The molecule has 2 heterocycles. The third kappa shape index (κ3) is 2.17. The molecule has 2 bridgehead atoms. The van der Waals surface area contributed by atoms with Crippen LogP contribution in [-0.4, -0.2) is 66.1 Å². The molecule has 0 aromatic heterocycles. The normalized spacial score (nSPS) is 47.3. The SMILES string of the molecule is CC(=O)OC[C@]12C(O)C(=O)C(C)=C[C@H]1O[C@@H]1[C@H](OC(C)=O)CC2(C)C12CO2. The summed E-state index contributed by atoms with van der Waals surface area (Å²) in [6, 6.07) is 0. The molecule has 3 fully saturated rings. The molecule has 4 aliphatic rings. The molecule has 0 aromatic rings. The van der Waals surface area contributed by atoms with E-state index in [1.54, 1.807) is 13.0 Å². The molecule has 8 heteroatoms. The lowest BCUT2D eigenvalue weighted by Gasteiger charge is -2.58. The van der Waals surface area contributed by atoms with E-state index in [0.717, 1.165) is 0 Å². The van der Waals surface area contributed by atoms with Crippen molar-refractivity contribution < 1.29 is 38.4 Å². The number of ether oxygens (including phenoxy) is 4. The number of carbonyl (C=O) groups is 3. The van der Waals surface area contributed by atoms with E-state index in [2.05, 4.69) is 0 Å². The molecule has 3 unspecified atom stereocenters. The molecule has 0 radical (unpaired) electrons. The maximum absolute atomic E-state index is 12.7. The van der Waals surface area contributed by atoms with Crippen LogP contribution in [0.15, 0.2) is 11.6 Å². The number of epoxide rings is 1. The lowest BCUT2D eigenvalue weighted by atomic mass is 9.50. The van der Waals surface area contributed by atoms with Crippen LogP contribution in [0.2, 0.25) is 0 Å². The largest absolute Gasteiger partial charge is 0.465 e. The van der Waals surface area contributed by atoms with Gasteiger partial charge in [-0.1, -0.05) is 6.92 Å². The van der Waals surface area contributed by atoms with Crippen LogP contribution in [0.3, 0.4) is 0 Å². The van der Waals surface area contributed by atoms with E-state index in [4.69, 9.17) is 18.9 Å². The molecule has 2 aliphatic heterocycles. The highest BCUT2D eigenvalue weighted by Gasteiger charge is 2.84. The predicted octanol–water partition coefficient (Wildman–Crippen LogP) is 0.304. The molecular formula is C19H24O8. The molecule has 0 amide bonds. The van der Waals surface area contributed by atoms with Gasteiger partial charge in [0.2, 0.25) is 0 Å². The summed E-state index contributed by atoms with van der Waals surface area (Å²) in [7, 11) is 0.